The first kappa shape index (κ1) is 103. The zero-order valence-corrected chi connectivity index (χ0v) is 79.6. The first-order valence-electron chi connectivity index (χ1n) is 32.9. The molecule has 108 heavy (non-hydrogen) atoms. The number of aliphatic imine (C=N–C) groups is 1. The molecule has 39 heteroatoms. The van der Waals surface area contributed by atoms with Crippen molar-refractivity contribution in [1.29, 1.82) is 0 Å². The van der Waals surface area contributed by atoms with Gasteiger partial charge in [0.05, 0.1) is 89.1 Å². The molecule has 6 atom stereocenters. The van der Waals surface area contributed by atoms with Crippen LogP contribution in [0, 0.1) is 23.7 Å². The van der Waals surface area contributed by atoms with Crippen molar-refractivity contribution in [3.63, 3.8) is 0 Å². The molecular weight excluding hydrogens is 2170 g/mol. The van der Waals surface area contributed by atoms with Gasteiger partial charge in [0, 0.05) is 105 Å². The Labute approximate surface area is 723 Å². The molecule has 0 saturated carbocycles. The molecule has 0 spiro atoms. The van der Waals surface area contributed by atoms with E-state index in [-0.39, 0.29) is 84.3 Å². The Hall–Kier alpha value is -4.73. The molecule has 2 aromatic carbocycles. The van der Waals surface area contributed by atoms with Crippen molar-refractivity contribution >= 4 is 209 Å². The fourth-order valence-corrected chi connectivity index (χ4v) is 11.8. The van der Waals surface area contributed by atoms with Crippen molar-refractivity contribution in [1.82, 2.24) is 71.5 Å². The summed E-state index contributed by atoms with van der Waals surface area (Å²) in [4.78, 5) is 136. The van der Waals surface area contributed by atoms with Gasteiger partial charge in [0.1, 0.15) is 24.7 Å². The quantitative estimate of drug-likeness (QED) is 0.00698. The molecule has 5 heterocycles. The van der Waals surface area contributed by atoms with Gasteiger partial charge in [-0.25, -0.2) is 58.3 Å². The number of carboxylic acid groups (broad SMARTS) is 1. The molecule has 0 aliphatic carbocycles. The second-order valence-corrected chi connectivity index (χ2v) is 44.5. The number of ether oxygens (including phenoxy) is 3. The van der Waals surface area contributed by atoms with Gasteiger partial charge in [-0.15, -0.1) is 80.7 Å². The molecule has 600 valence electrons. The summed E-state index contributed by atoms with van der Waals surface area (Å²) >= 11 is 17.0. The number of urea groups is 3. The van der Waals surface area contributed by atoms with Crippen LogP contribution in [-0.2, 0) is 83.8 Å². The van der Waals surface area contributed by atoms with Crippen LogP contribution in [0.25, 0.3) is 0 Å². The Morgan fingerprint density at radius 3 is 1.29 bits per heavy atom. The molecule has 28 nitrogen and oxygen atoms in total. The molecule has 7 aromatic rings. The van der Waals surface area contributed by atoms with Crippen LogP contribution in [0.4, 0.5) is 19.2 Å². The number of isocyanates is 1. The number of aromatic nitrogens is 5. The summed E-state index contributed by atoms with van der Waals surface area (Å²) in [6.45, 7) is 16.7. The molecule has 0 fully saturated rings. The summed E-state index contributed by atoms with van der Waals surface area (Å²) in [5, 5.41) is 34.0. The normalized spacial score (nSPS) is 11.9. The Morgan fingerprint density at radius 1 is 0.565 bits per heavy atom. The van der Waals surface area contributed by atoms with Crippen molar-refractivity contribution < 1.29 is 75.7 Å². The van der Waals surface area contributed by atoms with Gasteiger partial charge in [-0.2, -0.15) is 4.99 Å². The van der Waals surface area contributed by atoms with Gasteiger partial charge in [0.15, 0.2) is 6.04 Å². The molecule has 0 bridgehead atoms. The molecule has 0 unspecified atom stereocenters. The molecule has 0 saturated heterocycles. The predicted octanol–water partition coefficient (Wildman–Crippen LogP) is 11.2. The molecule has 0 aliphatic rings. The van der Waals surface area contributed by atoms with E-state index in [1.165, 1.54) is 80.3 Å². The van der Waals surface area contributed by atoms with Crippen molar-refractivity contribution in [3.8, 4) is 0 Å². The number of carboxylic acids is 1. The monoisotopic (exact) mass is 2270 g/mol. The van der Waals surface area contributed by atoms with Crippen LogP contribution < -0.4 is 45.2 Å². The number of methoxy groups -OCH3 is 2. The number of nitrogens with zero attached hydrogens (tertiary/aromatic N) is 9. The Kier molecular flexibility index (Phi) is 59.1. The van der Waals surface area contributed by atoms with Crippen molar-refractivity contribution in [3.05, 3.63) is 155 Å². The molecule has 0 aliphatic heterocycles. The second-order valence-electron chi connectivity index (χ2n) is 24.4. The maximum absolute atomic E-state index is 13.7. The standard InChI is InChI=1S/C34H42N6O4S2.C12H19N3O3S.C11H17N3O3S.C7H11NO3.C5H8N2S.I3.I2.HI/c1-24(2)31(39-33(42)40(3)19-29-21-45-23-36-29)32(41)37-27(16-25-10-6-4-7-11-25)14-15-28(17-26-12-8-5-9-13-26)38-34(43)44-20-30-18-35-22-46-30;1-8(2)10(11(16)18-4)14-12(17)15(3)5-9-6-19-7-13-9;1-7(2)9(10(15)16)13-11(17)14(3)4-8-5-18-6-12-8;1-5(2)6(8-4-9)7(10)11-3;1-6-2-5-3-8-4-7-5;1-3-2;1-2;/h4-13,18,21-24,27-28,31H,14-17,19-20H2,1-3H3,(H,37,41)(H,38,43)(H,39,42);6-8,10H,5H2,1-4H3,(H,14,17);5-7,9H,4H2,1-3H3,(H,13,17)(H,15,16);5-6H,1-3H3;3-4,6H,2H2,1H3;;;1H/q;;;;;-1;;/t27-,28-,31+;10-;9-;6-;;;;/m1000..../s1. The Morgan fingerprint density at radius 2 is 0.954 bits per heavy atom. The predicted molar refractivity (Wildman–Crippen MR) is 468 cm³/mol. The third-order valence-electron chi connectivity index (χ3n) is 14.6. The minimum atomic E-state index is -1.03. The zero-order chi connectivity index (χ0) is 80.2. The molecule has 7 N–H and O–H groups in total. The number of amides is 8. The minimum absolute atomic E-state index is 0. The third kappa shape index (κ3) is 45.1. The van der Waals surface area contributed by atoms with E-state index < -0.39 is 54.2 Å². The van der Waals surface area contributed by atoms with E-state index in [9.17, 15) is 43.2 Å². The van der Waals surface area contributed by atoms with E-state index >= 15 is 0 Å². The number of rotatable bonds is 31. The number of carbonyl (C=O) groups excluding carboxylic acids is 8. The van der Waals surface area contributed by atoms with Crippen LogP contribution in [0.3, 0.4) is 0 Å². The van der Waals surface area contributed by atoms with Crippen molar-refractivity contribution in [2.75, 3.05) is 42.4 Å². The van der Waals surface area contributed by atoms with E-state index in [1.54, 1.807) is 88.4 Å². The molecule has 8 amide bonds. The number of thiazole rings is 5. The van der Waals surface area contributed by atoms with E-state index in [2.05, 4.69) is 146 Å². The summed E-state index contributed by atoms with van der Waals surface area (Å²) in [5.41, 5.74) is 14.4. The van der Waals surface area contributed by atoms with Crippen LogP contribution in [-0.4, -0.2) is 177 Å². The first-order valence-corrected chi connectivity index (χ1v) is 56.5. The number of alkyl carbamates (subject to hydrolysis) is 1. The second kappa shape index (κ2) is 61.8. The van der Waals surface area contributed by atoms with Gasteiger partial charge in [0.2, 0.25) is 12.0 Å². The Bertz CT molecular complexity index is 3590. The summed E-state index contributed by atoms with van der Waals surface area (Å²) in [6, 6.07) is 15.4. The summed E-state index contributed by atoms with van der Waals surface area (Å²) < 4.78 is 14.6. The van der Waals surface area contributed by atoms with Crippen LogP contribution in [0.1, 0.15) is 107 Å². The number of nitrogens with one attached hydrogen (secondary N) is 6. The van der Waals surface area contributed by atoms with Crippen LogP contribution in [0.2, 0.25) is 0 Å². The van der Waals surface area contributed by atoms with Crippen LogP contribution in [0.15, 0.2) is 121 Å². The van der Waals surface area contributed by atoms with Gasteiger partial charge in [0.25, 0.3) is 0 Å². The number of hydrogen-bond donors (Lipinski definition) is 7. The van der Waals surface area contributed by atoms with Gasteiger partial charge in [-0.05, 0) is 67.5 Å². The van der Waals surface area contributed by atoms with Crippen LogP contribution in [0.5, 0.6) is 0 Å². The SMILES string of the molecule is CC(C)[C@H](NC(=O)N(C)Cc1cscn1)C(=O)N[C@H](CC[C@H](Cc1ccccc1)NC(=O)OCc1cncs1)Cc1ccccc1.CC(C)[C@H](NC(=O)N(C)Cc1cscn1)C(=O)O.CNCc1cscn1.COC(=O)[C@@H](N=C=O)C(C)C.COC(=O)[C@@H](NC(=O)N(C)Cc1cscn1)C(C)C.I.II.I[I-]I. The van der Waals surface area contributed by atoms with Crippen LogP contribution >= 0.6 is 155 Å². The molecule has 7 rings (SSSR count). The summed E-state index contributed by atoms with van der Waals surface area (Å²) in [7, 11) is 9.43. The zero-order valence-electron chi connectivity index (χ0n) is 62.4. The first-order chi connectivity index (χ1) is 51.1. The third-order valence-corrected chi connectivity index (χ3v) is 17.9. The van der Waals surface area contributed by atoms with E-state index in [4.69, 9.17) is 9.84 Å². The fourth-order valence-electron chi connectivity index (χ4n) is 9.05. The van der Waals surface area contributed by atoms with E-state index in [0.717, 1.165) is 45.3 Å². The number of benzene rings is 2. The average Bonchev–Trinajstić information content (AvgIpc) is 0.974. The number of hydrogen-bond acceptors (Lipinski definition) is 24. The van der Waals surface area contributed by atoms with Gasteiger partial charge in [-0.3, -0.25) is 9.78 Å². The Balaban J connectivity index is 0.00000151. The average molecular weight is 2270 g/mol. The molecular formula is C69H98I6N15O13S5-. The maximum atomic E-state index is 13.7. The topological polar surface area (TPSA) is 360 Å². The summed E-state index contributed by atoms with van der Waals surface area (Å²) in [5.74, 6) is -2.60. The number of halogens is 6. The summed E-state index contributed by atoms with van der Waals surface area (Å²) in [6.07, 6.45) is 4.92. The van der Waals surface area contributed by atoms with Crippen molar-refractivity contribution in [2.45, 2.75) is 150 Å². The number of aliphatic carboxylic acids is 1. The van der Waals surface area contributed by atoms with Gasteiger partial charge < -0.3 is 65.9 Å². The number of carbonyl (C=O) groups is 8. The van der Waals surface area contributed by atoms with Crippen molar-refractivity contribution in [2.24, 2.45) is 28.7 Å². The van der Waals surface area contributed by atoms with E-state index in [0.29, 0.717) is 58.6 Å². The number of esters is 2. The van der Waals surface area contributed by atoms with E-state index in [1.807, 2.05) is 122 Å². The van der Waals surface area contributed by atoms with Gasteiger partial charge >= 0.3 is 92.6 Å². The molecule has 5 aromatic heterocycles. The van der Waals surface area contributed by atoms with Gasteiger partial charge in [-0.1, -0.05) is 116 Å². The fraction of sp³-hybridized carbons (Fsp3) is 0.478. The molecule has 0 radical (unpaired) electrons.